The Morgan fingerprint density at radius 3 is 2.87 bits per heavy atom. The molecule has 0 saturated carbocycles. The number of halogens is 1. The predicted molar refractivity (Wildman–Crippen MR) is 87.8 cm³/mol. The largest absolute Gasteiger partial charge is 0.466 e. The van der Waals surface area contributed by atoms with Crippen LogP contribution >= 0.6 is 0 Å². The van der Waals surface area contributed by atoms with Gasteiger partial charge in [-0.05, 0) is 42.3 Å². The average molecular weight is 314 g/mol. The van der Waals surface area contributed by atoms with E-state index in [1.54, 1.807) is 18.3 Å². The Morgan fingerprint density at radius 2 is 2.13 bits per heavy atom. The maximum atomic E-state index is 13.6. The van der Waals surface area contributed by atoms with Crippen molar-refractivity contribution in [1.29, 1.82) is 0 Å². The van der Waals surface area contributed by atoms with Crippen molar-refractivity contribution in [3.63, 3.8) is 0 Å². The molecule has 2 heterocycles. The van der Waals surface area contributed by atoms with E-state index in [1.165, 1.54) is 19.3 Å². The van der Waals surface area contributed by atoms with Crippen LogP contribution in [0.1, 0.15) is 12.8 Å². The SMILES string of the molecule is COC(=O)/C=C/C1CCN(c2nccc3ccc(F)cc23)CC1. The molecule has 1 aliphatic heterocycles. The number of carbonyl (C=O) groups excluding carboxylic acids is 1. The highest BCUT2D eigenvalue weighted by molar-refractivity contribution is 5.92. The quantitative estimate of drug-likeness (QED) is 0.644. The molecule has 0 amide bonds. The van der Waals surface area contributed by atoms with Gasteiger partial charge in [0.1, 0.15) is 11.6 Å². The lowest BCUT2D eigenvalue weighted by Crippen LogP contribution is -2.33. The number of pyridine rings is 1. The van der Waals surface area contributed by atoms with Crippen LogP contribution in [0.3, 0.4) is 0 Å². The van der Waals surface area contributed by atoms with Crippen molar-refractivity contribution >= 4 is 22.6 Å². The van der Waals surface area contributed by atoms with Gasteiger partial charge in [-0.3, -0.25) is 0 Å². The van der Waals surface area contributed by atoms with Crippen molar-refractivity contribution in [2.24, 2.45) is 5.92 Å². The van der Waals surface area contributed by atoms with Crippen LogP contribution in [-0.2, 0) is 9.53 Å². The molecule has 3 rings (SSSR count). The number of methoxy groups -OCH3 is 1. The van der Waals surface area contributed by atoms with Gasteiger partial charge in [0, 0.05) is 30.7 Å². The molecule has 4 nitrogen and oxygen atoms in total. The molecule has 0 radical (unpaired) electrons. The summed E-state index contributed by atoms with van der Waals surface area (Å²) in [5, 5.41) is 1.83. The lowest BCUT2D eigenvalue weighted by atomic mass is 9.96. The molecule has 0 unspecified atom stereocenters. The van der Waals surface area contributed by atoms with Gasteiger partial charge in [-0.25, -0.2) is 14.2 Å². The molecule has 0 spiro atoms. The molecule has 0 bridgehead atoms. The minimum absolute atomic E-state index is 0.248. The summed E-state index contributed by atoms with van der Waals surface area (Å²) >= 11 is 0. The summed E-state index contributed by atoms with van der Waals surface area (Å²) in [4.78, 5) is 17.8. The number of anilines is 1. The summed E-state index contributed by atoms with van der Waals surface area (Å²) in [5.41, 5.74) is 0. The van der Waals surface area contributed by atoms with E-state index in [2.05, 4.69) is 14.6 Å². The van der Waals surface area contributed by atoms with Crippen molar-refractivity contribution in [1.82, 2.24) is 4.98 Å². The monoisotopic (exact) mass is 314 g/mol. The first-order valence-corrected chi connectivity index (χ1v) is 7.73. The van der Waals surface area contributed by atoms with E-state index in [9.17, 15) is 9.18 Å². The highest BCUT2D eigenvalue weighted by atomic mass is 19.1. The standard InChI is InChI=1S/C18H19FN2O2/c1-23-17(22)5-2-13-7-10-21(11-8-13)18-16-12-15(19)4-3-14(16)6-9-20-18/h2-6,9,12-13H,7-8,10-11H2,1H3/b5-2+. The molecular weight excluding hydrogens is 295 g/mol. The fourth-order valence-corrected chi connectivity index (χ4v) is 2.96. The molecule has 0 aliphatic carbocycles. The fourth-order valence-electron chi connectivity index (χ4n) is 2.96. The minimum Gasteiger partial charge on any atom is -0.466 e. The Bertz CT molecular complexity index is 737. The normalized spacial score (nSPS) is 16.2. The molecule has 5 heteroatoms. The van der Waals surface area contributed by atoms with Gasteiger partial charge in [0.25, 0.3) is 0 Å². The molecular formula is C18H19FN2O2. The minimum atomic E-state index is -0.321. The summed E-state index contributed by atoms with van der Waals surface area (Å²) in [6.07, 6.45) is 7.03. The topological polar surface area (TPSA) is 42.4 Å². The van der Waals surface area contributed by atoms with Gasteiger partial charge in [-0.1, -0.05) is 12.1 Å². The average Bonchev–Trinajstić information content (AvgIpc) is 2.59. The maximum absolute atomic E-state index is 13.6. The number of carbonyl (C=O) groups is 1. The zero-order valence-corrected chi connectivity index (χ0v) is 13.0. The number of hydrogen-bond donors (Lipinski definition) is 0. The van der Waals surface area contributed by atoms with Crippen molar-refractivity contribution in [2.75, 3.05) is 25.1 Å². The van der Waals surface area contributed by atoms with Crippen LogP contribution in [0.25, 0.3) is 10.8 Å². The van der Waals surface area contributed by atoms with E-state index in [1.807, 2.05) is 12.1 Å². The van der Waals surface area contributed by atoms with Gasteiger partial charge in [0.2, 0.25) is 0 Å². The van der Waals surface area contributed by atoms with Crippen LogP contribution in [0.15, 0.2) is 42.6 Å². The lowest BCUT2D eigenvalue weighted by molar-refractivity contribution is -0.134. The number of allylic oxidation sites excluding steroid dienone is 1. The Hall–Kier alpha value is -2.43. The summed E-state index contributed by atoms with van der Waals surface area (Å²) in [5.74, 6) is 0.621. The first-order chi connectivity index (χ1) is 11.2. The number of fused-ring (bicyclic) bond motifs is 1. The number of esters is 1. The van der Waals surface area contributed by atoms with Gasteiger partial charge in [-0.15, -0.1) is 0 Å². The molecule has 1 aromatic heterocycles. The van der Waals surface area contributed by atoms with E-state index in [-0.39, 0.29) is 11.8 Å². The van der Waals surface area contributed by atoms with Gasteiger partial charge in [-0.2, -0.15) is 0 Å². The third-order valence-electron chi connectivity index (χ3n) is 4.25. The number of aromatic nitrogens is 1. The Morgan fingerprint density at radius 1 is 1.35 bits per heavy atom. The molecule has 0 N–H and O–H groups in total. The first kappa shape index (κ1) is 15.5. The van der Waals surface area contributed by atoms with Crippen molar-refractivity contribution in [3.05, 3.63) is 48.4 Å². The first-order valence-electron chi connectivity index (χ1n) is 7.73. The third kappa shape index (κ3) is 3.50. The smallest absolute Gasteiger partial charge is 0.330 e. The number of rotatable bonds is 3. The molecule has 1 fully saturated rings. The zero-order valence-electron chi connectivity index (χ0n) is 13.0. The Kier molecular flexibility index (Phi) is 4.55. The van der Waals surface area contributed by atoms with E-state index >= 15 is 0 Å². The molecule has 2 aromatic rings. The zero-order chi connectivity index (χ0) is 16.2. The van der Waals surface area contributed by atoms with E-state index in [0.29, 0.717) is 5.92 Å². The summed E-state index contributed by atoms with van der Waals surface area (Å²) < 4.78 is 18.2. The second kappa shape index (κ2) is 6.77. The molecule has 0 atom stereocenters. The van der Waals surface area contributed by atoms with E-state index < -0.39 is 0 Å². The van der Waals surface area contributed by atoms with Crippen LogP contribution in [0.2, 0.25) is 0 Å². The number of ether oxygens (including phenoxy) is 1. The summed E-state index contributed by atoms with van der Waals surface area (Å²) in [6.45, 7) is 1.66. The highest BCUT2D eigenvalue weighted by Gasteiger charge is 2.20. The van der Waals surface area contributed by atoms with Crippen molar-refractivity contribution < 1.29 is 13.9 Å². The number of benzene rings is 1. The predicted octanol–water partition coefficient (Wildman–Crippen LogP) is 3.32. The van der Waals surface area contributed by atoms with Crippen molar-refractivity contribution in [3.8, 4) is 0 Å². The molecule has 120 valence electrons. The third-order valence-corrected chi connectivity index (χ3v) is 4.25. The number of nitrogens with zero attached hydrogens (tertiary/aromatic N) is 2. The number of piperidine rings is 1. The van der Waals surface area contributed by atoms with Crippen LogP contribution in [0.4, 0.5) is 10.2 Å². The van der Waals surface area contributed by atoms with Crippen LogP contribution in [0, 0.1) is 11.7 Å². The van der Waals surface area contributed by atoms with E-state index in [4.69, 9.17) is 0 Å². The second-order valence-corrected chi connectivity index (χ2v) is 5.71. The lowest BCUT2D eigenvalue weighted by Gasteiger charge is -2.32. The van der Waals surface area contributed by atoms with Gasteiger partial charge in [0.15, 0.2) is 0 Å². The van der Waals surface area contributed by atoms with E-state index in [0.717, 1.165) is 42.5 Å². The second-order valence-electron chi connectivity index (χ2n) is 5.71. The molecule has 1 aliphatic rings. The summed E-state index contributed by atoms with van der Waals surface area (Å²) in [7, 11) is 1.38. The Labute approximate surface area is 134 Å². The Balaban J connectivity index is 1.74. The van der Waals surface area contributed by atoms with Gasteiger partial charge >= 0.3 is 5.97 Å². The summed E-state index contributed by atoms with van der Waals surface area (Å²) in [6, 6.07) is 6.68. The van der Waals surface area contributed by atoms with Crippen molar-refractivity contribution in [2.45, 2.75) is 12.8 Å². The van der Waals surface area contributed by atoms with Crippen LogP contribution in [0.5, 0.6) is 0 Å². The molecule has 1 aromatic carbocycles. The fraction of sp³-hybridized carbons (Fsp3) is 0.333. The van der Waals surface area contributed by atoms with Gasteiger partial charge < -0.3 is 9.64 Å². The maximum Gasteiger partial charge on any atom is 0.330 e. The number of hydrogen-bond acceptors (Lipinski definition) is 4. The molecule has 23 heavy (non-hydrogen) atoms. The van der Waals surface area contributed by atoms with Gasteiger partial charge in [0.05, 0.1) is 7.11 Å². The van der Waals surface area contributed by atoms with Crippen LogP contribution in [-0.4, -0.2) is 31.2 Å². The van der Waals surface area contributed by atoms with Crippen LogP contribution < -0.4 is 4.90 Å². The highest BCUT2D eigenvalue weighted by Crippen LogP contribution is 2.29. The molecule has 1 saturated heterocycles.